The molecule has 0 spiro atoms. The molecule has 0 saturated heterocycles. The molecular weight excluding hydrogens is 208 g/mol. The van der Waals surface area contributed by atoms with E-state index in [1.54, 1.807) is 6.26 Å². The molecule has 1 heteroatoms. The van der Waals surface area contributed by atoms with E-state index in [-0.39, 0.29) is 0 Å². The Kier molecular flexibility index (Phi) is 6.57. The number of ether oxygens (including phenoxy) is 1. The van der Waals surface area contributed by atoms with Crippen LogP contribution in [0.15, 0.2) is 61.4 Å². The van der Waals surface area contributed by atoms with Gasteiger partial charge in [-0.3, -0.25) is 0 Å². The number of rotatable bonds is 7. The summed E-state index contributed by atoms with van der Waals surface area (Å²) in [7, 11) is 0. The van der Waals surface area contributed by atoms with Gasteiger partial charge in [-0.25, -0.2) is 0 Å². The molecule has 1 nitrogen and oxygen atoms in total. The highest BCUT2D eigenvalue weighted by atomic mass is 16.5. The van der Waals surface area contributed by atoms with Gasteiger partial charge >= 0.3 is 0 Å². The SMILES string of the molecule is [CH2]CCCO/C=C/C=C/C(=C)c1ccccc1. The molecule has 0 aliphatic carbocycles. The van der Waals surface area contributed by atoms with Gasteiger partial charge in [0, 0.05) is 0 Å². The molecule has 1 rings (SSSR count). The number of hydrogen-bond acceptors (Lipinski definition) is 1. The molecule has 0 aromatic heterocycles. The first-order valence-corrected chi connectivity index (χ1v) is 5.83. The van der Waals surface area contributed by atoms with Crippen molar-refractivity contribution in [2.24, 2.45) is 0 Å². The van der Waals surface area contributed by atoms with Gasteiger partial charge in [-0.15, -0.1) is 0 Å². The maximum atomic E-state index is 5.26. The van der Waals surface area contributed by atoms with Crippen LogP contribution < -0.4 is 0 Å². The average Bonchev–Trinajstić information content (AvgIpc) is 2.38. The van der Waals surface area contributed by atoms with E-state index in [4.69, 9.17) is 4.74 Å². The van der Waals surface area contributed by atoms with Crippen molar-refractivity contribution in [2.45, 2.75) is 12.8 Å². The highest BCUT2D eigenvalue weighted by Crippen LogP contribution is 2.12. The first-order valence-electron chi connectivity index (χ1n) is 5.83. The number of unbranched alkanes of at least 4 members (excludes halogenated alkanes) is 1. The predicted molar refractivity (Wildman–Crippen MR) is 74.3 cm³/mol. The summed E-state index contributed by atoms with van der Waals surface area (Å²) < 4.78 is 5.26. The van der Waals surface area contributed by atoms with Crippen LogP contribution in [0.25, 0.3) is 5.57 Å². The molecule has 0 atom stereocenters. The van der Waals surface area contributed by atoms with Crippen molar-refractivity contribution in [1.29, 1.82) is 0 Å². The monoisotopic (exact) mass is 227 g/mol. The van der Waals surface area contributed by atoms with Crippen molar-refractivity contribution in [3.63, 3.8) is 0 Å². The maximum absolute atomic E-state index is 5.26. The molecule has 17 heavy (non-hydrogen) atoms. The second kappa shape index (κ2) is 8.40. The van der Waals surface area contributed by atoms with Gasteiger partial charge in [0.2, 0.25) is 0 Å². The predicted octanol–water partition coefficient (Wildman–Crippen LogP) is 4.40. The molecule has 1 aromatic rings. The van der Waals surface area contributed by atoms with Crippen molar-refractivity contribution < 1.29 is 4.74 Å². The van der Waals surface area contributed by atoms with E-state index >= 15 is 0 Å². The number of allylic oxidation sites excluding steroid dienone is 4. The average molecular weight is 227 g/mol. The summed E-state index contributed by atoms with van der Waals surface area (Å²) in [6.07, 6.45) is 9.37. The molecule has 0 saturated carbocycles. The highest BCUT2D eigenvalue weighted by Gasteiger charge is 1.90. The minimum Gasteiger partial charge on any atom is -0.501 e. The van der Waals surface area contributed by atoms with Gasteiger partial charge < -0.3 is 4.74 Å². The lowest BCUT2D eigenvalue weighted by Crippen LogP contribution is -1.84. The Balaban J connectivity index is 2.32. The van der Waals surface area contributed by atoms with Gasteiger partial charge in [-0.05, 0) is 23.6 Å². The van der Waals surface area contributed by atoms with Gasteiger partial charge in [0.1, 0.15) is 0 Å². The van der Waals surface area contributed by atoms with E-state index in [0.717, 1.165) is 30.6 Å². The van der Waals surface area contributed by atoms with Crippen LogP contribution in [0.2, 0.25) is 0 Å². The summed E-state index contributed by atoms with van der Waals surface area (Å²) in [6.45, 7) is 8.48. The topological polar surface area (TPSA) is 9.23 Å². The molecule has 0 bridgehead atoms. The molecule has 0 fully saturated rings. The lowest BCUT2D eigenvalue weighted by Gasteiger charge is -1.98. The minimum atomic E-state index is 0.730. The van der Waals surface area contributed by atoms with Gasteiger partial charge in [-0.2, -0.15) is 0 Å². The van der Waals surface area contributed by atoms with Crippen LogP contribution in [-0.4, -0.2) is 6.61 Å². The van der Waals surface area contributed by atoms with Crippen molar-refractivity contribution in [1.82, 2.24) is 0 Å². The van der Waals surface area contributed by atoms with E-state index in [1.807, 2.05) is 48.6 Å². The zero-order valence-electron chi connectivity index (χ0n) is 10.1. The first-order chi connectivity index (χ1) is 8.34. The second-order valence-corrected chi connectivity index (χ2v) is 3.66. The van der Waals surface area contributed by atoms with Crippen LogP contribution >= 0.6 is 0 Å². The van der Waals surface area contributed by atoms with E-state index in [0.29, 0.717) is 0 Å². The quantitative estimate of drug-likeness (QED) is 0.381. The third-order valence-corrected chi connectivity index (χ3v) is 2.24. The molecular formula is C16H19O. The molecule has 0 amide bonds. The molecule has 0 heterocycles. The summed E-state index contributed by atoms with van der Waals surface area (Å²) in [5.74, 6) is 0. The lowest BCUT2D eigenvalue weighted by atomic mass is 10.1. The Morgan fingerprint density at radius 1 is 1.18 bits per heavy atom. The summed E-state index contributed by atoms with van der Waals surface area (Å²) in [5, 5.41) is 0. The normalized spacial score (nSPS) is 11.1. The second-order valence-electron chi connectivity index (χ2n) is 3.66. The van der Waals surface area contributed by atoms with Crippen molar-refractivity contribution in [2.75, 3.05) is 6.61 Å². The van der Waals surface area contributed by atoms with E-state index in [2.05, 4.69) is 13.5 Å². The maximum Gasteiger partial charge on any atom is 0.0873 e. The molecule has 0 aliphatic heterocycles. The van der Waals surface area contributed by atoms with Gasteiger partial charge in [0.05, 0.1) is 12.9 Å². The largest absolute Gasteiger partial charge is 0.501 e. The Bertz CT molecular complexity index is 374. The molecule has 1 radical (unpaired) electrons. The van der Waals surface area contributed by atoms with Gasteiger partial charge in [0.15, 0.2) is 0 Å². The third kappa shape index (κ3) is 5.76. The standard InChI is InChI=1S/C16H19O/c1-3-4-13-17-14-9-8-10-15(2)16-11-6-5-7-12-16/h5-12,14H,1-4,13H2/b10-8+,14-9+. The zero-order chi connectivity index (χ0) is 12.3. The Morgan fingerprint density at radius 3 is 2.65 bits per heavy atom. The Morgan fingerprint density at radius 2 is 1.94 bits per heavy atom. The van der Waals surface area contributed by atoms with E-state index in [1.165, 1.54) is 0 Å². The lowest BCUT2D eigenvalue weighted by molar-refractivity contribution is 0.245. The third-order valence-electron chi connectivity index (χ3n) is 2.24. The number of benzene rings is 1. The fourth-order valence-electron chi connectivity index (χ4n) is 1.27. The molecule has 89 valence electrons. The molecule has 0 unspecified atom stereocenters. The fourth-order valence-corrected chi connectivity index (χ4v) is 1.27. The summed E-state index contributed by atoms with van der Waals surface area (Å²) >= 11 is 0. The van der Waals surface area contributed by atoms with Crippen LogP contribution in [0.4, 0.5) is 0 Å². The van der Waals surface area contributed by atoms with Crippen molar-refractivity contribution in [3.8, 4) is 0 Å². The smallest absolute Gasteiger partial charge is 0.0873 e. The van der Waals surface area contributed by atoms with E-state index < -0.39 is 0 Å². The van der Waals surface area contributed by atoms with Crippen LogP contribution in [-0.2, 0) is 4.74 Å². The van der Waals surface area contributed by atoms with E-state index in [9.17, 15) is 0 Å². The summed E-state index contributed by atoms with van der Waals surface area (Å²) in [6, 6.07) is 10.1. The van der Waals surface area contributed by atoms with Crippen LogP contribution in [0, 0.1) is 6.92 Å². The van der Waals surface area contributed by atoms with Crippen LogP contribution in [0.1, 0.15) is 18.4 Å². The van der Waals surface area contributed by atoms with Gasteiger partial charge in [0.25, 0.3) is 0 Å². The molecule has 0 N–H and O–H groups in total. The van der Waals surface area contributed by atoms with Crippen molar-refractivity contribution in [3.05, 3.63) is 73.9 Å². The van der Waals surface area contributed by atoms with Crippen molar-refractivity contribution >= 4 is 5.57 Å². The highest BCUT2D eigenvalue weighted by molar-refractivity contribution is 5.72. The first kappa shape index (κ1) is 13.3. The fraction of sp³-hybridized carbons (Fsp3) is 0.188. The molecule has 1 aromatic carbocycles. The zero-order valence-corrected chi connectivity index (χ0v) is 10.1. The Labute approximate surface area is 104 Å². The minimum absolute atomic E-state index is 0.730. The number of hydrogen-bond donors (Lipinski definition) is 0. The summed E-state index contributed by atoms with van der Waals surface area (Å²) in [5.41, 5.74) is 2.13. The van der Waals surface area contributed by atoms with Gasteiger partial charge in [-0.1, -0.05) is 62.4 Å². The van der Waals surface area contributed by atoms with Crippen LogP contribution in [0.3, 0.4) is 0 Å². The summed E-state index contributed by atoms with van der Waals surface area (Å²) in [4.78, 5) is 0. The molecule has 0 aliphatic rings. The van der Waals surface area contributed by atoms with Crippen LogP contribution in [0.5, 0.6) is 0 Å². The Hall–Kier alpha value is -1.76.